The number of rotatable bonds is 5. The first-order valence-corrected chi connectivity index (χ1v) is 16.0. The van der Waals surface area contributed by atoms with Crippen molar-refractivity contribution in [2.75, 3.05) is 0 Å². The highest BCUT2D eigenvalue weighted by atomic mass is 16.1. The number of aromatic nitrogens is 3. The zero-order valence-corrected chi connectivity index (χ0v) is 26.1. The summed E-state index contributed by atoms with van der Waals surface area (Å²) in [5, 5.41) is 1.86. The van der Waals surface area contributed by atoms with Crippen molar-refractivity contribution in [3.05, 3.63) is 219 Å². The highest BCUT2D eigenvalue weighted by Gasteiger charge is 2.23. The zero-order valence-electron chi connectivity index (χ0n) is 26.1. The lowest BCUT2D eigenvalue weighted by atomic mass is 9.93. The predicted octanol–water partition coefficient (Wildman–Crippen LogP) is 7.34. The predicted molar refractivity (Wildman–Crippen MR) is 193 cm³/mol. The van der Waals surface area contributed by atoms with E-state index in [0.29, 0.717) is 5.70 Å². The number of carbonyl (C=O) groups is 1. The fourth-order valence-corrected chi connectivity index (χ4v) is 6.63. The molecule has 1 unspecified atom stereocenters. The quantitative estimate of drug-likeness (QED) is 0.173. The Kier molecular flexibility index (Phi) is 7.69. The number of allylic oxidation sites excluding steroid dienone is 1. The number of aliphatic imine (C=N–C) groups is 1. The fraction of sp³-hybridized carbons (Fsp3) is 0.0233. The van der Waals surface area contributed by atoms with Crippen molar-refractivity contribution in [1.29, 1.82) is 0 Å². The minimum absolute atomic E-state index is 0.115. The Morgan fingerprint density at radius 1 is 0.479 bits per heavy atom. The Balaban J connectivity index is 1.48. The van der Waals surface area contributed by atoms with Crippen molar-refractivity contribution in [2.24, 2.45) is 4.99 Å². The number of H-pyrrole nitrogens is 3. The molecule has 5 nitrogen and oxygen atoms in total. The van der Waals surface area contributed by atoms with Crippen molar-refractivity contribution < 1.29 is 4.79 Å². The van der Waals surface area contributed by atoms with Crippen molar-refractivity contribution in [1.82, 2.24) is 15.0 Å². The maximum Gasteiger partial charge on any atom is 0.169 e. The van der Waals surface area contributed by atoms with Crippen LogP contribution in [0.2, 0.25) is 0 Å². The van der Waals surface area contributed by atoms with Gasteiger partial charge in [-0.25, -0.2) is 0 Å². The van der Waals surface area contributed by atoms with Gasteiger partial charge in [0.05, 0.1) is 5.92 Å². The van der Waals surface area contributed by atoms with Gasteiger partial charge in [-0.05, 0) is 58.7 Å². The van der Waals surface area contributed by atoms with Crippen molar-refractivity contribution >= 4 is 29.2 Å². The summed E-state index contributed by atoms with van der Waals surface area (Å²) in [7, 11) is 0. The summed E-state index contributed by atoms with van der Waals surface area (Å²) in [6, 6.07) is 53.7. The maximum absolute atomic E-state index is 12.9. The van der Waals surface area contributed by atoms with Crippen LogP contribution >= 0.6 is 0 Å². The smallest absolute Gasteiger partial charge is 0.169 e. The van der Waals surface area contributed by atoms with Gasteiger partial charge in [0.25, 0.3) is 0 Å². The van der Waals surface area contributed by atoms with E-state index in [1.165, 1.54) is 0 Å². The van der Waals surface area contributed by atoms with E-state index in [4.69, 9.17) is 4.99 Å². The third-order valence-corrected chi connectivity index (χ3v) is 8.87. The molecule has 6 bridgehead atoms. The van der Waals surface area contributed by atoms with Gasteiger partial charge in [0, 0.05) is 56.4 Å². The summed E-state index contributed by atoms with van der Waals surface area (Å²) in [5.74, 6) is -0.115. The molecule has 8 rings (SSSR count). The lowest BCUT2D eigenvalue weighted by Crippen LogP contribution is -2.17. The van der Waals surface area contributed by atoms with Gasteiger partial charge in [-0.1, -0.05) is 121 Å². The van der Waals surface area contributed by atoms with Crippen molar-refractivity contribution in [3.63, 3.8) is 0 Å². The largest absolute Gasteiger partial charge is 0.357 e. The SMILES string of the molecule is O=CC1=C(\c2ccccc2)c2ccc([nH]2)C(c2ccccc2)c2ccc([nH]2)/C(c2ccccc2)=c2/cc\c([nH]2)=C(c2ccccc2)/C=N\1. The van der Waals surface area contributed by atoms with Gasteiger partial charge in [0.2, 0.25) is 0 Å². The van der Waals surface area contributed by atoms with Crippen LogP contribution in [0.25, 0.3) is 16.7 Å². The summed E-state index contributed by atoms with van der Waals surface area (Å²) in [6.45, 7) is 0. The van der Waals surface area contributed by atoms with E-state index in [1.807, 2.05) is 60.7 Å². The van der Waals surface area contributed by atoms with Gasteiger partial charge in [-0.15, -0.1) is 0 Å². The Morgan fingerprint density at radius 2 is 0.979 bits per heavy atom. The molecule has 0 saturated carbocycles. The molecule has 1 atom stereocenters. The molecule has 0 radical (unpaired) electrons. The van der Waals surface area contributed by atoms with E-state index in [2.05, 4.69) is 112 Å². The summed E-state index contributed by atoms with van der Waals surface area (Å²) in [6.07, 6.45) is 2.65. The van der Waals surface area contributed by atoms with Crippen LogP contribution in [-0.2, 0) is 4.79 Å². The second-order valence-electron chi connectivity index (χ2n) is 11.8. The molecular formula is C43H32N4O. The lowest BCUT2D eigenvalue weighted by molar-refractivity contribution is -0.104. The number of nitrogens with one attached hydrogen (secondary N) is 3. The molecule has 3 aromatic heterocycles. The molecule has 4 aromatic carbocycles. The molecule has 1 aliphatic rings. The number of carbonyl (C=O) groups excluding carboxylic acids is 1. The van der Waals surface area contributed by atoms with Crippen LogP contribution in [-0.4, -0.2) is 27.5 Å². The minimum atomic E-state index is -0.115. The number of fused-ring (bicyclic) bond motifs is 6. The third kappa shape index (κ3) is 5.48. The highest BCUT2D eigenvalue weighted by molar-refractivity contribution is 6.11. The second-order valence-corrected chi connectivity index (χ2v) is 11.8. The van der Waals surface area contributed by atoms with Gasteiger partial charge < -0.3 is 15.0 Å². The van der Waals surface area contributed by atoms with Crippen LogP contribution in [0.3, 0.4) is 0 Å². The first kappa shape index (κ1) is 29.0. The maximum atomic E-state index is 12.9. The Labute approximate surface area is 278 Å². The third-order valence-electron chi connectivity index (χ3n) is 8.87. The number of benzene rings is 4. The molecule has 48 heavy (non-hydrogen) atoms. The number of hydrogen-bond donors (Lipinski definition) is 3. The molecule has 230 valence electrons. The first-order valence-electron chi connectivity index (χ1n) is 16.0. The van der Waals surface area contributed by atoms with E-state index in [-0.39, 0.29) is 5.92 Å². The molecule has 0 fully saturated rings. The lowest BCUT2D eigenvalue weighted by Gasteiger charge is -2.16. The van der Waals surface area contributed by atoms with E-state index in [0.717, 1.165) is 78.7 Å². The highest BCUT2D eigenvalue weighted by Crippen LogP contribution is 2.35. The standard InChI is InChI=1S/C43H32N4O/c48-28-40-43(32-19-11-4-12-20-32)39-26-25-38(47-39)42(31-17-9-3-10-18-31)37-24-23-36(46-37)41(30-15-7-2-8-16-30)35-22-21-34(45-35)33(27-44-40)29-13-5-1-6-14-29/h1-28,42,45-47H/b34-33-,41-35-,43-40-,44-27-. The van der Waals surface area contributed by atoms with Crippen LogP contribution in [0.1, 0.15) is 50.9 Å². The number of aromatic amines is 3. The Bertz CT molecular complexity index is 2390. The minimum Gasteiger partial charge on any atom is -0.357 e. The molecule has 1 aliphatic heterocycles. The van der Waals surface area contributed by atoms with E-state index in [9.17, 15) is 4.79 Å². The number of nitrogens with zero attached hydrogens (tertiary/aromatic N) is 1. The molecule has 7 aromatic rings. The van der Waals surface area contributed by atoms with E-state index < -0.39 is 0 Å². The molecule has 0 saturated heterocycles. The summed E-state index contributed by atoms with van der Waals surface area (Å²) >= 11 is 0. The molecule has 5 heteroatoms. The van der Waals surface area contributed by atoms with Gasteiger partial charge in [0.1, 0.15) is 5.70 Å². The monoisotopic (exact) mass is 620 g/mol. The number of aldehydes is 1. The molecule has 0 amide bonds. The van der Waals surface area contributed by atoms with Gasteiger partial charge in [-0.2, -0.15) is 0 Å². The average Bonchev–Trinajstić information content (AvgIpc) is 3.93. The van der Waals surface area contributed by atoms with E-state index in [1.54, 1.807) is 6.21 Å². The normalized spacial score (nSPS) is 19.1. The van der Waals surface area contributed by atoms with Crippen LogP contribution in [0.4, 0.5) is 0 Å². The molecular weight excluding hydrogens is 589 g/mol. The van der Waals surface area contributed by atoms with E-state index >= 15 is 0 Å². The van der Waals surface area contributed by atoms with Crippen molar-refractivity contribution in [2.45, 2.75) is 5.92 Å². The molecule has 3 N–H and O–H groups in total. The molecule has 4 heterocycles. The molecule has 0 spiro atoms. The second kappa shape index (κ2) is 12.7. The number of hydrogen-bond acceptors (Lipinski definition) is 2. The topological polar surface area (TPSA) is 76.8 Å². The fourth-order valence-electron chi connectivity index (χ4n) is 6.63. The van der Waals surface area contributed by atoms with Crippen LogP contribution < -0.4 is 10.7 Å². The zero-order chi connectivity index (χ0) is 32.3. The van der Waals surface area contributed by atoms with Crippen LogP contribution in [0.5, 0.6) is 0 Å². The first-order chi connectivity index (χ1) is 23.8. The Morgan fingerprint density at radius 3 is 1.56 bits per heavy atom. The summed E-state index contributed by atoms with van der Waals surface area (Å²) < 4.78 is 0. The van der Waals surface area contributed by atoms with Crippen molar-refractivity contribution in [3.8, 4) is 0 Å². The van der Waals surface area contributed by atoms with Crippen LogP contribution in [0, 0.1) is 0 Å². The molecule has 0 aliphatic carbocycles. The summed E-state index contributed by atoms with van der Waals surface area (Å²) in [5.41, 5.74) is 11.0. The Hall–Kier alpha value is -6.46. The van der Waals surface area contributed by atoms with Gasteiger partial charge in [-0.3, -0.25) is 9.79 Å². The average molecular weight is 621 g/mol. The van der Waals surface area contributed by atoms with Crippen LogP contribution in [0.15, 0.2) is 168 Å². The summed E-state index contributed by atoms with van der Waals surface area (Å²) in [4.78, 5) is 29.1. The van der Waals surface area contributed by atoms with Gasteiger partial charge in [0.15, 0.2) is 6.29 Å². The van der Waals surface area contributed by atoms with Gasteiger partial charge >= 0.3 is 0 Å².